The predicted octanol–water partition coefficient (Wildman–Crippen LogP) is 4.15. The lowest BCUT2D eigenvalue weighted by Gasteiger charge is -2.43. The van der Waals surface area contributed by atoms with Crippen molar-refractivity contribution in [3.63, 3.8) is 0 Å². The van der Waals surface area contributed by atoms with E-state index in [9.17, 15) is 14.4 Å². The first-order valence-electron chi connectivity index (χ1n) is 11.0. The Bertz CT molecular complexity index is 1050. The van der Waals surface area contributed by atoms with Gasteiger partial charge in [0.2, 0.25) is 5.91 Å². The number of hydrogen-bond acceptors (Lipinski definition) is 3. The third-order valence-corrected chi connectivity index (χ3v) is 6.58. The molecule has 1 heterocycles. The summed E-state index contributed by atoms with van der Waals surface area (Å²) in [5.41, 5.74) is 0.0509. The predicted molar refractivity (Wildman–Crippen MR) is 120 cm³/mol. The Hall–Kier alpha value is -2.89. The van der Waals surface area contributed by atoms with Gasteiger partial charge in [0.1, 0.15) is 12.1 Å². The van der Waals surface area contributed by atoms with Crippen LogP contribution in [-0.4, -0.2) is 34.8 Å². The molecule has 3 unspecified atom stereocenters. The molecule has 31 heavy (non-hydrogen) atoms. The number of fused-ring (bicyclic) bond motifs is 1. The maximum Gasteiger partial charge on any atom is 0.325 e. The van der Waals surface area contributed by atoms with Crippen molar-refractivity contribution in [3.05, 3.63) is 48.0 Å². The fraction of sp³-hybridized carbons (Fsp3) is 0.480. The summed E-state index contributed by atoms with van der Waals surface area (Å²) < 4.78 is 0. The third-order valence-electron chi connectivity index (χ3n) is 6.58. The molecule has 1 aliphatic heterocycles. The molecule has 1 aliphatic carbocycles. The van der Waals surface area contributed by atoms with Crippen LogP contribution in [0.5, 0.6) is 0 Å². The minimum atomic E-state index is -0.886. The van der Waals surface area contributed by atoms with Crippen molar-refractivity contribution in [3.8, 4) is 0 Å². The number of nitrogens with one attached hydrogen (secondary N) is 2. The van der Waals surface area contributed by atoms with E-state index in [0.29, 0.717) is 18.8 Å². The van der Waals surface area contributed by atoms with Gasteiger partial charge >= 0.3 is 6.03 Å². The second kappa shape index (κ2) is 7.66. The van der Waals surface area contributed by atoms with Gasteiger partial charge in [-0.05, 0) is 59.9 Å². The normalized spacial score (nSPS) is 26.2. The number of amides is 4. The molecule has 2 aromatic rings. The topological polar surface area (TPSA) is 78.5 Å². The monoisotopic (exact) mass is 421 g/mol. The Morgan fingerprint density at radius 1 is 1.16 bits per heavy atom. The van der Waals surface area contributed by atoms with E-state index in [0.717, 1.165) is 27.7 Å². The van der Waals surface area contributed by atoms with Crippen LogP contribution < -0.4 is 10.6 Å². The Balaban J connectivity index is 1.44. The zero-order chi connectivity index (χ0) is 22.4. The standard InChI is InChI=1S/C25H31N3O3/c1-16-12-24(3,4)15-25(13-16)22(30)28(23(31)27-25)14-21(29)26-17(2)19-10-9-18-7-5-6-8-20(18)11-19/h5-11,16-17H,12-15H2,1-4H3,(H,26,29)(H,27,31). The first kappa shape index (κ1) is 21.3. The molecule has 2 aromatic carbocycles. The molecule has 6 heteroatoms. The SMILES string of the molecule is CC1CC(C)(C)CC2(C1)NC(=O)N(CC(=O)NC(C)c1ccc3ccccc3c1)C2=O. The maximum absolute atomic E-state index is 13.2. The zero-order valence-electron chi connectivity index (χ0n) is 18.7. The number of carbonyl (C=O) groups excluding carboxylic acids is 3. The lowest BCUT2D eigenvalue weighted by molar-refractivity contribution is -0.137. The van der Waals surface area contributed by atoms with Gasteiger partial charge in [0.05, 0.1) is 6.04 Å². The highest BCUT2D eigenvalue weighted by Gasteiger charge is 2.56. The first-order valence-corrected chi connectivity index (χ1v) is 11.0. The van der Waals surface area contributed by atoms with Gasteiger partial charge in [0.25, 0.3) is 5.91 Å². The van der Waals surface area contributed by atoms with Crippen LogP contribution in [0.2, 0.25) is 0 Å². The van der Waals surface area contributed by atoms with Crippen LogP contribution in [0.25, 0.3) is 10.8 Å². The van der Waals surface area contributed by atoms with Crippen molar-refractivity contribution in [1.29, 1.82) is 0 Å². The van der Waals surface area contributed by atoms with Crippen molar-refractivity contribution in [1.82, 2.24) is 15.5 Å². The summed E-state index contributed by atoms with van der Waals surface area (Å²) in [6.07, 6.45) is 2.23. The molecule has 1 saturated carbocycles. The molecule has 0 aromatic heterocycles. The summed E-state index contributed by atoms with van der Waals surface area (Å²) in [5.74, 6) is -0.287. The molecule has 0 radical (unpaired) electrons. The number of benzene rings is 2. The lowest BCUT2D eigenvalue weighted by Crippen LogP contribution is -2.54. The number of carbonyl (C=O) groups is 3. The largest absolute Gasteiger partial charge is 0.348 e. The van der Waals surface area contributed by atoms with Gasteiger partial charge in [-0.3, -0.25) is 14.5 Å². The molecule has 164 valence electrons. The van der Waals surface area contributed by atoms with E-state index >= 15 is 0 Å². The fourth-order valence-electron chi connectivity index (χ4n) is 5.64. The van der Waals surface area contributed by atoms with Crippen LogP contribution in [-0.2, 0) is 9.59 Å². The second-order valence-electron chi connectivity index (χ2n) is 10.2. The van der Waals surface area contributed by atoms with E-state index in [4.69, 9.17) is 0 Å². The lowest BCUT2D eigenvalue weighted by atomic mass is 9.64. The summed E-state index contributed by atoms with van der Waals surface area (Å²) >= 11 is 0. The highest BCUT2D eigenvalue weighted by molar-refractivity contribution is 6.09. The second-order valence-corrected chi connectivity index (χ2v) is 10.2. The van der Waals surface area contributed by atoms with Crippen molar-refractivity contribution >= 4 is 28.6 Å². The van der Waals surface area contributed by atoms with E-state index < -0.39 is 11.6 Å². The van der Waals surface area contributed by atoms with Crippen molar-refractivity contribution in [2.24, 2.45) is 11.3 Å². The molecule has 4 rings (SSSR count). The van der Waals surface area contributed by atoms with Crippen molar-refractivity contribution in [2.45, 2.75) is 58.5 Å². The molecule has 2 fully saturated rings. The summed E-state index contributed by atoms with van der Waals surface area (Å²) in [4.78, 5) is 39.6. The Morgan fingerprint density at radius 3 is 2.58 bits per heavy atom. The molecule has 1 spiro atoms. The quantitative estimate of drug-likeness (QED) is 0.728. The molecule has 0 bridgehead atoms. The van der Waals surface area contributed by atoms with E-state index in [1.807, 2.05) is 43.3 Å². The van der Waals surface area contributed by atoms with E-state index in [1.54, 1.807) is 0 Å². The highest BCUT2D eigenvalue weighted by atomic mass is 16.2. The van der Waals surface area contributed by atoms with Crippen LogP contribution in [0.3, 0.4) is 0 Å². The maximum atomic E-state index is 13.2. The van der Waals surface area contributed by atoms with Crippen LogP contribution >= 0.6 is 0 Å². The smallest absolute Gasteiger partial charge is 0.325 e. The van der Waals surface area contributed by atoms with Gasteiger partial charge in [0, 0.05) is 0 Å². The molecular weight excluding hydrogens is 390 g/mol. The molecule has 4 amide bonds. The average molecular weight is 422 g/mol. The Morgan fingerprint density at radius 2 is 1.87 bits per heavy atom. The molecular formula is C25H31N3O3. The molecule has 2 N–H and O–H groups in total. The van der Waals surface area contributed by atoms with E-state index in [1.165, 1.54) is 0 Å². The van der Waals surface area contributed by atoms with E-state index in [-0.39, 0.29) is 29.8 Å². The minimum absolute atomic E-state index is 0.0382. The van der Waals surface area contributed by atoms with Gasteiger partial charge in [-0.1, -0.05) is 57.2 Å². The summed E-state index contributed by atoms with van der Waals surface area (Å²) in [6.45, 7) is 8.01. The van der Waals surface area contributed by atoms with Crippen molar-refractivity contribution < 1.29 is 14.4 Å². The third kappa shape index (κ3) is 4.16. The van der Waals surface area contributed by atoms with Crippen LogP contribution in [0.4, 0.5) is 4.79 Å². The fourth-order valence-corrected chi connectivity index (χ4v) is 5.64. The Labute approximate surface area is 183 Å². The van der Waals surface area contributed by atoms with Gasteiger partial charge in [-0.25, -0.2) is 4.79 Å². The van der Waals surface area contributed by atoms with Gasteiger partial charge < -0.3 is 10.6 Å². The van der Waals surface area contributed by atoms with Gasteiger partial charge in [-0.2, -0.15) is 0 Å². The highest BCUT2D eigenvalue weighted by Crippen LogP contribution is 2.46. The minimum Gasteiger partial charge on any atom is -0.348 e. The van der Waals surface area contributed by atoms with Crippen LogP contribution in [0, 0.1) is 11.3 Å². The van der Waals surface area contributed by atoms with Crippen LogP contribution in [0.1, 0.15) is 58.6 Å². The summed E-state index contributed by atoms with van der Waals surface area (Å²) in [7, 11) is 0. The van der Waals surface area contributed by atoms with Crippen LogP contribution in [0.15, 0.2) is 42.5 Å². The first-order chi connectivity index (χ1) is 14.6. The van der Waals surface area contributed by atoms with Gasteiger partial charge in [-0.15, -0.1) is 0 Å². The number of nitrogens with zero attached hydrogens (tertiary/aromatic N) is 1. The zero-order valence-corrected chi connectivity index (χ0v) is 18.7. The number of rotatable bonds is 4. The van der Waals surface area contributed by atoms with Gasteiger partial charge in [0.15, 0.2) is 0 Å². The van der Waals surface area contributed by atoms with Crippen molar-refractivity contribution in [2.75, 3.05) is 6.54 Å². The van der Waals surface area contributed by atoms with E-state index in [2.05, 4.69) is 37.5 Å². The number of imide groups is 1. The molecule has 2 aliphatic rings. The summed E-state index contributed by atoms with van der Waals surface area (Å²) in [6, 6.07) is 13.4. The average Bonchev–Trinajstić information content (AvgIpc) is 2.89. The molecule has 3 atom stereocenters. The Kier molecular flexibility index (Phi) is 5.28. The molecule has 6 nitrogen and oxygen atoms in total. The molecule has 1 saturated heterocycles. The number of urea groups is 1. The number of hydrogen-bond donors (Lipinski definition) is 2. The summed E-state index contributed by atoms with van der Waals surface area (Å²) in [5, 5.41) is 8.10.